The maximum atomic E-state index is 11.2. The molecule has 2 aromatic rings. The second-order valence-corrected chi connectivity index (χ2v) is 12.0. The molecular weight excluding hydrogens is 565 g/mol. The minimum absolute atomic E-state index is 0.334. The van der Waals surface area contributed by atoms with Gasteiger partial charge in [-0.25, -0.2) is 15.1 Å². The first-order valence-corrected chi connectivity index (χ1v) is 13.8. The molecular formula is C23H27Cl3N5O3S2+. The van der Waals surface area contributed by atoms with Gasteiger partial charge >= 0.3 is 0 Å². The molecule has 13 heteroatoms. The van der Waals surface area contributed by atoms with E-state index < -0.39 is 15.5 Å². The van der Waals surface area contributed by atoms with Crippen molar-refractivity contribution in [2.75, 3.05) is 13.1 Å². The minimum atomic E-state index is -1.09. The Morgan fingerprint density at radius 1 is 1.39 bits per heavy atom. The lowest BCUT2D eigenvalue weighted by molar-refractivity contribution is -0.494. The second kappa shape index (κ2) is 12.8. The quantitative estimate of drug-likeness (QED) is 0.0865. The maximum absolute atomic E-state index is 11.2. The number of aromatic nitrogens is 1. The number of thiocarbonyl (C=S) groups is 1. The molecule has 4 rings (SSSR count). The van der Waals surface area contributed by atoms with Crippen molar-refractivity contribution in [3.8, 4) is 0 Å². The molecule has 1 N–H and O–H groups in total. The van der Waals surface area contributed by atoms with Crippen molar-refractivity contribution in [2.45, 2.75) is 62.3 Å². The average Bonchev–Trinajstić information content (AvgIpc) is 3.27. The van der Waals surface area contributed by atoms with Crippen LogP contribution in [0.15, 0.2) is 40.7 Å². The van der Waals surface area contributed by atoms with Crippen molar-refractivity contribution < 1.29 is 14.8 Å². The van der Waals surface area contributed by atoms with E-state index >= 15 is 0 Å². The molecule has 1 aliphatic carbocycles. The van der Waals surface area contributed by atoms with Gasteiger partial charge in [0.1, 0.15) is 12.1 Å². The van der Waals surface area contributed by atoms with Gasteiger partial charge in [0.2, 0.25) is 6.54 Å². The van der Waals surface area contributed by atoms with Gasteiger partial charge < -0.3 is 5.11 Å². The van der Waals surface area contributed by atoms with E-state index in [1.165, 1.54) is 11.3 Å². The Balaban J connectivity index is 0.000000214. The van der Waals surface area contributed by atoms with Crippen LogP contribution in [0, 0.1) is 10.1 Å². The van der Waals surface area contributed by atoms with Gasteiger partial charge in [-0.1, -0.05) is 53.0 Å². The number of β-amino-alcohol motifs (C(OH)–C–C–N with tert-alkyl or cyclic N) is 1. The van der Waals surface area contributed by atoms with Gasteiger partial charge in [0.25, 0.3) is 4.99 Å². The summed E-state index contributed by atoms with van der Waals surface area (Å²) in [5.41, 5.74) is 0.403. The molecule has 2 aliphatic rings. The number of alkyl halides is 1. The molecule has 8 nitrogen and oxygen atoms in total. The number of aliphatic hydroxyl groups is 1. The molecule has 0 spiro atoms. The highest BCUT2D eigenvalue weighted by Crippen LogP contribution is 2.52. The van der Waals surface area contributed by atoms with Crippen molar-refractivity contribution in [3.05, 3.63) is 60.5 Å². The van der Waals surface area contributed by atoms with Gasteiger partial charge in [0.15, 0.2) is 9.50 Å². The van der Waals surface area contributed by atoms with E-state index in [-0.39, 0.29) is 0 Å². The van der Waals surface area contributed by atoms with Crippen molar-refractivity contribution in [1.29, 1.82) is 0 Å². The van der Waals surface area contributed by atoms with Crippen LogP contribution in [-0.4, -0.2) is 54.1 Å². The third-order valence-electron chi connectivity index (χ3n) is 6.08. The Kier molecular flexibility index (Phi) is 10.3. The molecule has 194 valence electrons. The predicted octanol–water partition coefficient (Wildman–Crippen LogP) is 6.35. The number of azo groups is 2. The fourth-order valence-electron chi connectivity index (χ4n) is 3.83. The Bertz CT molecular complexity index is 1170. The standard InChI is InChI=1S/C15H17Cl2N2OS.C8H10ClN3O2S/c16-12-4-2-1-3-11(12)9-15(20,14(17)6-7-14)10-19-13(21)5-8-18-19;1-2-6(11-12(13)14)3-4-7-5-10-8(9)15-7/h1-4,20H,5-10H2;5H,2-4H2,1H3/q+1;. The fourth-order valence-corrected chi connectivity index (χ4v) is 5.44. The Labute approximate surface area is 234 Å². The number of aryl methyl sites for hydroxylation is 1. The van der Waals surface area contributed by atoms with Crippen LogP contribution < -0.4 is 0 Å². The van der Waals surface area contributed by atoms with Crippen molar-refractivity contribution >= 4 is 69.1 Å². The molecule has 36 heavy (non-hydrogen) atoms. The number of nitrogens with zero attached hydrogens (tertiary/aromatic N) is 5. The molecule has 1 aromatic carbocycles. The highest BCUT2D eigenvalue weighted by molar-refractivity contribution is 7.80. The van der Waals surface area contributed by atoms with Crippen molar-refractivity contribution in [2.24, 2.45) is 10.2 Å². The molecule has 0 radical (unpaired) electrons. The lowest BCUT2D eigenvalue weighted by Crippen LogP contribution is -2.50. The summed E-state index contributed by atoms with van der Waals surface area (Å²) < 4.78 is 2.23. The van der Waals surface area contributed by atoms with Crippen LogP contribution in [0.4, 0.5) is 0 Å². The number of hydrogen-bond acceptors (Lipinski definition) is 7. The van der Waals surface area contributed by atoms with Crippen molar-refractivity contribution in [3.63, 3.8) is 0 Å². The summed E-state index contributed by atoms with van der Waals surface area (Å²) >= 11 is 25.1. The number of hydrogen-bond donors (Lipinski definition) is 1. The van der Waals surface area contributed by atoms with Crippen LogP contribution in [0.1, 0.15) is 49.5 Å². The summed E-state index contributed by atoms with van der Waals surface area (Å²) in [7, 11) is 0. The number of halogens is 3. The Hall–Kier alpha value is -1.56. The zero-order chi connectivity index (χ0) is 26.3. The third-order valence-corrected chi connectivity index (χ3v) is 8.76. The number of hydrazone groups is 1. The first-order chi connectivity index (χ1) is 17.0. The van der Waals surface area contributed by atoms with E-state index in [2.05, 4.69) is 15.2 Å². The lowest BCUT2D eigenvalue weighted by atomic mass is 9.88. The van der Waals surface area contributed by atoms with Gasteiger partial charge in [-0.15, -0.1) is 22.9 Å². The maximum Gasteiger partial charge on any atom is 0.274 e. The Morgan fingerprint density at radius 2 is 2.11 bits per heavy atom. The molecule has 1 saturated carbocycles. The third kappa shape index (κ3) is 7.97. The van der Waals surface area contributed by atoms with Gasteiger partial charge in [-0.3, -0.25) is 0 Å². The molecule has 1 atom stereocenters. The largest absolute Gasteiger partial charge is 0.381 e. The number of benzene rings is 1. The van der Waals surface area contributed by atoms with E-state index in [0.717, 1.165) is 34.7 Å². The van der Waals surface area contributed by atoms with Gasteiger partial charge in [-0.05, 0) is 61.1 Å². The molecule has 0 amide bonds. The monoisotopic (exact) mass is 590 g/mol. The zero-order valence-corrected chi connectivity index (χ0v) is 23.6. The highest BCUT2D eigenvalue weighted by atomic mass is 35.5. The van der Waals surface area contributed by atoms with Crippen LogP contribution >= 0.6 is 58.4 Å². The van der Waals surface area contributed by atoms with Crippen LogP contribution in [0.2, 0.25) is 9.49 Å². The number of rotatable bonds is 10. The van der Waals surface area contributed by atoms with E-state index in [9.17, 15) is 15.2 Å². The Morgan fingerprint density at radius 3 is 2.64 bits per heavy atom. The van der Waals surface area contributed by atoms with Crippen LogP contribution in [0.3, 0.4) is 0 Å². The minimum Gasteiger partial charge on any atom is -0.381 e. The summed E-state index contributed by atoms with van der Waals surface area (Å²) in [5.74, 6) is 0. The van der Waals surface area contributed by atoms with E-state index in [0.29, 0.717) is 54.0 Å². The molecule has 1 unspecified atom stereocenters. The second-order valence-electron chi connectivity index (χ2n) is 8.67. The fraction of sp³-hybridized carbons (Fsp3) is 0.522. The summed E-state index contributed by atoms with van der Waals surface area (Å²) in [6.07, 6.45) is 6.34. The summed E-state index contributed by atoms with van der Waals surface area (Å²) in [5, 5.41) is 29.0. The molecule has 0 bridgehead atoms. The molecule has 2 heterocycles. The summed E-state index contributed by atoms with van der Waals surface area (Å²) in [6, 6.07) is 7.55. The molecule has 1 aromatic heterocycles. The van der Waals surface area contributed by atoms with Gasteiger partial charge in [-0.2, -0.15) is 0 Å². The lowest BCUT2D eigenvalue weighted by Gasteiger charge is -2.30. The van der Waals surface area contributed by atoms with E-state index in [4.69, 9.17) is 47.0 Å². The van der Waals surface area contributed by atoms with E-state index in [1.54, 1.807) is 10.9 Å². The van der Waals surface area contributed by atoms with Crippen LogP contribution in [0.25, 0.3) is 0 Å². The molecule has 1 aliphatic heterocycles. The van der Waals surface area contributed by atoms with Crippen LogP contribution in [0.5, 0.6) is 0 Å². The highest BCUT2D eigenvalue weighted by Gasteiger charge is 2.61. The average molecular weight is 592 g/mol. The number of nitro groups is 1. The molecule has 0 saturated heterocycles. The normalized spacial score (nSPS) is 18.2. The zero-order valence-electron chi connectivity index (χ0n) is 19.7. The smallest absolute Gasteiger partial charge is 0.274 e. The first kappa shape index (κ1) is 29.0. The van der Waals surface area contributed by atoms with Gasteiger partial charge in [0.05, 0.1) is 22.1 Å². The van der Waals surface area contributed by atoms with E-state index in [1.807, 2.05) is 31.2 Å². The number of thiazole rings is 1. The van der Waals surface area contributed by atoms with Crippen LogP contribution in [-0.2, 0) is 12.8 Å². The summed E-state index contributed by atoms with van der Waals surface area (Å²) in [6.45, 7) is 2.87. The molecule has 1 fully saturated rings. The van der Waals surface area contributed by atoms with Crippen molar-refractivity contribution in [1.82, 2.24) is 4.98 Å². The van der Waals surface area contributed by atoms with Gasteiger partial charge in [0, 0.05) is 22.5 Å². The SMILES string of the molecule is CCC(CCc1cnc(Cl)s1)=N[N+](=O)[O-].OC(Cc1ccccc1Cl)(C[N+]1=NCCC1=S)C1(Cl)CC1. The topological polar surface area (TPSA) is 104 Å². The first-order valence-electron chi connectivity index (χ1n) is 11.5. The summed E-state index contributed by atoms with van der Waals surface area (Å²) in [4.78, 5) is 15.3. The predicted molar refractivity (Wildman–Crippen MR) is 148 cm³/mol.